The van der Waals surface area contributed by atoms with Crippen molar-refractivity contribution in [2.45, 2.75) is 0 Å². The highest BCUT2D eigenvalue weighted by atomic mass is 35.5. The van der Waals surface area contributed by atoms with Crippen LogP contribution in [0.15, 0.2) is 42.5 Å². The zero-order valence-electron chi connectivity index (χ0n) is 12.3. The first-order valence-electron chi connectivity index (χ1n) is 6.71. The summed E-state index contributed by atoms with van der Waals surface area (Å²) < 4.78 is 17.9. The number of halogens is 2. The summed E-state index contributed by atoms with van der Waals surface area (Å²) >= 11 is 5.89. The van der Waals surface area contributed by atoms with Gasteiger partial charge in [0.05, 0.1) is 19.3 Å². The molecule has 2 N–H and O–H groups in total. The Kier molecular flexibility index (Phi) is 5.84. The maximum Gasteiger partial charge on any atom is 0.320 e. The Balaban J connectivity index is 1.89. The molecule has 0 heterocycles. The molecule has 0 radical (unpaired) electrons. The third-order valence-corrected chi connectivity index (χ3v) is 3.06. The molecule has 2 aromatic rings. The molecule has 0 spiro atoms. The van der Waals surface area contributed by atoms with Gasteiger partial charge in [0.25, 0.3) is 0 Å². The number of nitrogens with one attached hydrogen (secondary N) is 2. The van der Waals surface area contributed by atoms with Gasteiger partial charge in [-0.05, 0) is 42.5 Å². The van der Waals surface area contributed by atoms with Crippen LogP contribution in [0.5, 0.6) is 5.75 Å². The predicted molar refractivity (Wildman–Crippen MR) is 88.3 cm³/mol. The lowest BCUT2D eigenvalue weighted by molar-refractivity contribution is 0.253. The molecular formula is C17H14ClFN2O2. The molecule has 2 aromatic carbocycles. The van der Waals surface area contributed by atoms with Gasteiger partial charge in [-0.25, -0.2) is 9.18 Å². The number of carbonyl (C=O) groups is 1. The van der Waals surface area contributed by atoms with E-state index in [-0.39, 0.29) is 12.4 Å². The van der Waals surface area contributed by atoms with Crippen LogP contribution in [0.3, 0.4) is 0 Å². The molecule has 0 aliphatic rings. The SMILES string of the molecule is COc1ccc(Cl)cc1NC(=O)NCC#Cc1ccc(F)cc1. The minimum atomic E-state index is -0.432. The molecular weight excluding hydrogens is 319 g/mol. The number of carbonyl (C=O) groups excluding carboxylic acids is 1. The zero-order valence-corrected chi connectivity index (χ0v) is 13.1. The number of amides is 2. The first kappa shape index (κ1) is 16.7. The van der Waals surface area contributed by atoms with Gasteiger partial charge >= 0.3 is 6.03 Å². The van der Waals surface area contributed by atoms with E-state index in [9.17, 15) is 9.18 Å². The minimum Gasteiger partial charge on any atom is -0.495 e. The summed E-state index contributed by atoms with van der Waals surface area (Å²) in [5.41, 5.74) is 1.13. The maximum atomic E-state index is 12.7. The lowest BCUT2D eigenvalue weighted by atomic mass is 10.2. The molecule has 0 saturated carbocycles. The van der Waals surface area contributed by atoms with E-state index in [0.717, 1.165) is 0 Å². The highest BCUT2D eigenvalue weighted by Crippen LogP contribution is 2.27. The summed E-state index contributed by atoms with van der Waals surface area (Å²) in [5, 5.41) is 5.70. The van der Waals surface area contributed by atoms with Gasteiger partial charge in [0, 0.05) is 10.6 Å². The normalized spacial score (nSPS) is 9.52. The molecule has 0 fully saturated rings. The van der Waals surface area contributed by atoms with E-state index in [0.29, 0.717) is 22.0 Å². The Labute approximate surface area is 138 Å². The molecule has 2 amide bonds. The van der Waals surface area contributed by atoms with Crippen molar-refractivity contribution in [2.75, 3.05) is 19.0 Å². The van der Waals surface area contributed by atoms with Crippen molar-refractivity contribution in [1.82, 2.24) is 5.32 Å². The summed E-state index contributed by atoms with van der Waals surface area (Å²) in [6, 6.07) is 10.3. The molecule has 0 bridgehead atoms. The molecule has 0 aromatic heterocycles. The van der Waals surface area contributed by atoms with Crippen LogP contribution >= 0.6 is 11.6 Å². The monoisotopic (exact) mass is 332 g/mol. The van der Waals surface area contributed by atoms with Crippen molar-refractivity contribution in [2.24, 2.45) is 0 Å². The Bertz CT molecular complexity index is 751. The van der Waals surface area contributed by atoms with Gasteiger partial charge in [-0.15, -0.1) is 0 Å². The molecule has 6 heteroatoms. The van der Waals surface area contributed by atoms with Crippen molar-refractivity contribution in [3.05, 3.63) is 58.9 Å². The fourth-order valence-electron chi connectivity index (χ4n) is 1.75. The number of benzene rings is 2. The lowest BCUT2D eigenvalue weighted by Crippen LogP contribution is -2.29. The second kappa shape index (κ2) is 8.06. The number of hydrogen-bond acceptors (Lipinski definition) is 2. The number of rotatable bonds is 3. The van der Waals surface area contributed by atoms with Gasteiger partial charge in [0.1, 0.15) is 11.6 Å². The molecule has 4 nitrogen and oxygen atoms in total. The van der Waals surface area contributed by atoms with Crippen LogP contribution < -0.4 is 15.4 Å². The highest BCUT2D eigenvalue weighted by Gasteiger charge is 2.07. The van der Waals surface area contributed by atoms with Crippen LogP contribution in [-0.4, -0.2) is 19.7 Å². The number of anilines is 1. The average Bonchev–Trinajstić information content (AvgIpc) is 2.53. The predicted octanol–water partition coefficient (Wildman–Crippen LogP) is 3.66. The number of hydrogen-bond donors (Lipinski definition) is 2. The first-order valence-corrected chi connectivity index (χ1v) is 7.09. The summed E-state index contributed by atoms with van der Waals surface area (Å²) in [5.74, 6) is 5.78. The molecule has 2 rings (SSSR count). The van der Waals surface area contributed by atoms with Crippen molar-refractivity contribution in [1.29, 1.82) is 0 Å². The van der Waals surface area contributed by atoms with Gasteiger partial charge in [-0.3, -0.25) is 0 Å². The largest absolute Gasteiger partial charge is 0.495 e. The highest BCUT2D eigenvalue weighted by molar-refractivity contribution is 6.31. The molecule has 0 atom stereocenters. The third kappa shape index (κ3) is 5.20. The van der Waals surface area contributed by atoms with Crippen LogP contribution in [0.2, 0.25) is 5.02 Å². The topological polar surface area (TPSA) is 50.4 Å². The van der Waals surface area contributed by atoms with Crippen molar-refractivity contribution in [3.8, 4) is 17.6 Å². The number of urea groups is 1. The second-order valence-electron chi connectivity index (χ2n) is 4.46. The molecule has 0 aliphatic heterocycles. The van der Waals surface area contributed by atoms with Gasteiger partial charge in [0.15, 0.2) is 0 Å². The third-order valence-electron chi connectivity index (χ3n) is 2.82. The Hall–Kier alpha value is -2.71. The molecule has 23 heavy (non-hydrogen) atoms. The summed E-state index contributed by atoms with van der Waals surface area (Å²) in [4.78, 5) is 11.8. The summed E-state index contributed by atoms with van der Waals surface area (Å²) in [6.07, 6.45) is 0. The van der Waals surface area contributed by atoms with Gasteiger partial charge in [-0.1, -0.05) is 23.4 Å². The van der Waals surface area contributed by atoms with Crippen molar-refractivity contribution in [3.63, 3.8) is 0 Å². The van der Waals surface area contributed by atoms with Crippen LogP contribution in [0.25, 0.3) is 0 Å². The molecule has 0 unspecified atom stereocenters. The van der Waals surface area contributed by atoms with E-state index in [4.69, 9.17) is 16.3 Å². The van der Waals surface area contributed by atoms with E-state index < -0.39 is 6.03 Å². The van der Waals surface area contributed by atoms with Crippen LogP contribution in [0.4, 0.5) is 14.9 Å². The second-order valence-corrected chi connectivity index (χ2v) is 4.90. The van der Waals surface area contributed by atoms with Gasteiger partial charge in [-0.2, -0.15) is 0 Å². The first-order chi connectivity index (χ1) is 11.1. The molecule has 0 aliphatic carbocycles. The standard InChI is InChI=1S/C17H14ClFN2O2/c1-23-16-9-6-13(18)11-15(16)21-17(22)20-10-2-3-12-4-7-14(19)8-5-12/h4-9,11H,10H2,1H3,(H2,20,21,22). The Morgan fingerprint density at radius 1 is 1.26 bits per heavy atom. The van der Waals surface area contributed by atoms with E-state index >= 15 is 0 Å². The summed E-state index contributed by atoms with van der Waals surface area (Å²) in [6.45, 7) is 0.145. The van der Waals surface area contributed by atoms with Crippen LogP contribution in [0, 0.1) is 17.7 Å². The van der Waals surface area contributed by atoms with Gasteiger partial charge < -0.3 is 15.4 Å². The fourth-order valence-corrected chi connectivity index (χ4v) is 1.92. The Morgan fingerprint density at radius 2 is 2.00 bits per heavy atom. The van der Waals surface area contributed by atoms with Crippen LogP contribution in [0.1, 0.15) is 5.56 Å². The van der Waals surface area contributed by atoms with Crippen molar-refractivity contribution < 1.29 is 13.9 Å². The minimum absolute atomic E-state index is 0.145. The maximum absolute atomic E-state index is 12.7. The van der Waals surface area contributed by atoms with E-state index in [2.05, 4.69) is 22.5 Å². The average molecular weight is 333 g/mol. The van der Waals surface area contributed by atoms with E-state index in [1.807, 2.05) is 0 Å². The van der Waals surface area contributed by atoms with E-state index in [1.54, 1.807) is 30.3 Å². The number of ether oxygens (including phenoxy) is 1. The lowest BCUT2D eigenvalue weighted by Gasteiger charge is -2.10. The summed E-state index contributed by atoms with van der Waals surface area (Å²) in [7, 11) is 1.50. The van der Waals surface area contributed by atoms with E-state index in [1.165, 1.54) is 19.2 Å². The quantitative estimate of drug-likeness (QED) is 0.843. The Morgan fingerprint density at radius 3 is 2.70 bits per heavy atom. The zero-order chi connectivity index (χ0) is 16.7. The molecule has 0 saturated heterocycles. The number of methoxy groups -OCH3 is 1. The smallest absolute Gasteiger partial charge is 0.320 e. The molecule has 118 valence electrons. The van der Waals surface area contributed by atoms with Crippen LogP contribution in [-0.2, 0) is 0 Å². The fraction of sp³-hybridized carbons (Fsp3) is 0.118. The van der Waals surface area contributed by atoms with Gasteiger partial charge in [0.2, 0.25) is 0 Å². The van der Waals surface area contributed by atoms with Crippen molar-refractivity contribution >= 4 is 23.3 Å².